The Kier molecular flexibility index (Phi) is 7.13. The van der Waals surface area contributed by atoms with E-state index in [1.54, 1.807) is 0 Å². The monoisotopic (exact) mass is 397 g/mol. The molecule has 0 aromatic heterocycles. The Hall–Kier alpha value is -3.37. The zero-order chi connectivity index (χ0) is 20.7. The summed E-state index contributed by atoms with van der Waals surface area (Å²) in [7, 11) is 0. The van der Waals surface area contributed by atoms with E-state index in [0.29, 0.717) is 0 Å². The van der Waals surface area contributed by atoms with Crippen molar-refractivity contribution >= 4 is 35.3 Å². The van der Waals surface area contributed by atoms with Crippen molar-refractivity contribution < 1.29 is 37.5 Å². The quantitative estimate of drug-likeness (QED) is 0.474. The average molecular weight is 397 g/mol. The van der Waals surface area contributed by atoms with Crippen molar-refractivity contribution in [1.82, 2.24) is 10.2 Å². The summed E-state index contributed by atoms with van der Waals surface area (Å²) < 4.78 is 30.5. The van der Waals surface area contributed by atoms with Gasteiger partial charge in [-0.1, -0.05) is 0 Å². The Morgan fingerprint density at radius 1 is 1.04 bits per heavy atom. The number of hydrogen-bond donors (Lipinski definition) is 2. The van der Waals surface area contributed by atoms with Crippen LogP contribution in [0, 0.1) is 11.6 Å². The second-order valence-corrected chi connectivity index (χ2v) is 5.80. The second kappa shape index (κ2) is 9.53. The first-order valence-corrected chi connectivity index (χ1v) is 8.26. The number of esters is 1. The summed E-state index contributed by atoms with van der Waals surface area (Å²) >= 11 is 0. The molecule has 11 heteroatoms. The molecule has 1 heterocycles. The number of anilines is 1. The molecule has 150 valence electrons. The predicted octanol–water partition coefficient (Wildman–Crippen LogP) is 0.102. The van der Waals surface area contributed by atoms with Crippen LogP contribution in [0.5, 0.6) is 0 Å². The predicted molar refractivity (Wildman–Crippen MR) is 89.5 cm³/mol. The first-order valence-electron chi connectivity index (χ1n) is 8.26. The molecular weight excluding hydrogens is 380 g/mol. The van der Waals surface area contributed by atoms with Crippen LogP contribution < -0.4 is 10.6 Å². The number of nitrogens with one attached hydrogen (secondary N) is 2. The van der Waals surface area contributed by atoms with Crippen molar-refractivity contribution in [3.63, 3.8) is 0 Å². The highest BCUT2D eigenvalue weighted by atomic mass is 19.2. The van der Waals surface area contributed by atoms with Crippen LogP contribution in [0.4, 0.5) is 14.5 Å². The van der Waals surface area contributed by atoms with E-state index in [9.17, 15) is 32.8 Å². The molecule has 28 heavy (non-hydrogen) atoms. The fourth-order valence-corrected chi connectivity index (χ4v) is 2.30. The number of rotatable bonds is 8. The molecule has 1 aromatic carbocycles. The highest BCUT2D eigenvalue weighted by molar-refractivity contribution is 6.02. The summed E-state index contributed by atoms with van der Waals surface area (Å²) in [4.78, 5) is 58.5. The fraction of sp³-hybridized carbons (Fsp3) is 0.353. The van der Waals surface area contributed by atoms with Crippen LogP contribution in [0.15, 0.2) is 18.2 Å². The number of carbonyl (C=O) groups is 5. The molecule has 1 fully saturated rings. The first-order chi connectivity index (χ1) is 13.3. The van der Waals surface area contributed by atoms with Gasteiger partial charge in [0.25, 0.3) is 5.91 Å². The number of nitrogens with zero attached hydrogens (tertiary/aromatic N) is 1. The molecule has 1 aliphatic rings. The van der Waals surface area contributed by atoms with Crippen LogP contribution in [0.25, 0.3) is 0 Å². The molecule has 0 unspecified atom stereocenters. The van der Waals surface area contributed by atoms with Gasteiger partial charge in [0.1, 0.15) is 0 Å². The van der Waals surface area contributed by atoms with Gasteiger partial charge in [-0.25, -0.2) is 8.78 Å². The molecule has 0 radical (unpaired) electrons. The highest BCUT2D eigenvalue weighted by Crippen LogP contribution is 2.13. The van der Waals surface area contributed by atoms with E-state index in [1.807, 2.05) is 0 Å². The highest BCUT2D eigenvalue weighted by Gasteiger charge is 2.29. The molecule has 1 aliphatic heterocycles. The van der Waals surface area contributed by atoms with Gasteiger partial charge >= 0.3 is 5.97 Å². The van der Waals surface area contributed by atoms with Gasteiger partial charge in [0.05, 0.1) is 13.0 Å². The van der Waals surface area contributed by atoms with Crippen LogP contribution in [0.1, 0.15) is 19.3 Å². The Bertz CT molecular complexity index is 798. The van der Waals surface area contributed by atoms with E-state index in [2.05, 4.69) is 10.6 Å². The van der Waals surface area contributed by atoms with Crippen LogP contribution in [0.3, 0.4) is 0 Å². The smallest absolute Gasteiger partial charge is 0.308 e. The van der Waals surface area contributed by atoms with E-state index in [0.717, 1.165) is 23.1 Å². The second-order valence-electron chi connectivity index (χ2n) is 5.80. The van der Waals surface area contributed by atoms with Crippen LogP contribution in [-0.2, 0) is 28.7 Å². The number of imide groups is 1. The lowest BCUT2D eigenvalue weighted by Crippen LogP contribution is -2.36. The molecule has 0 aliphatic carbocycles. The fourth-order valence-electron chi connectivity index (χ4n) is 2.30. The summed E-state index contributed by atoms with van der Waals surface area (Å²) in [6, 6.07) is 2.77. The topological polar surface area (TPSA) is 122 Å². The Balaban J connectivity index is 1.64. The third kappa shape index (κ3) is 6.11. The Morgan fingerprint density at radius 3 is 2.36 bits per heavy atom. The number of hydrogen-bond acceptors (Lipinski definition) is 6. The lowest BCUT2D eigenvalue weighted by Gasteiger charge is -2.12. The van der Waals surface area contributed by atoms with Crippen molar-refractivity contribution in [3.8, 4) is 0 Å². The largest absolute Gasteiger partial charge is 0.456 e. The molecule has 9 nitrogen and oxygen atoms in total. The van der Waals surface area contributed by atoms with Crippen LogP contribution >= 0.6 is 0 Å². The molecular formula is C17H17F2N3O6. The number of halogens is 2. The summed E-state index contributed by atoms with van der Waals surface area (Å²) in [5.74, 6) is -5.16. The molecule has 0 atom stereocenters. The average Bonchev–Trinajstić information content (AvgIpc) is 2.97. The van der Waals surface area contributed by atoms with E-state index < -0.39 is 42.6 Å². The van der Waals surface area contributed by atoms with Crippen molar-refractivity contribution in [2.75, 3.05) is 25.0 Å². The Morgan fingerprint density at radius 2 is 1.71 bits per heavy atom. The number of carbonyl (C=O) groups excluding carboxylic acids is 5. The molecule has 4 amide bonds. The van der Waals surface area contributed by atoms with Gasteiger partial charge in [-0.05, 0) is 12.1 Å². The van der Waals surface area contributed by atoms with Crippen molar-refractivity contribution in [3.05, 3.63) is 29.8 Å². The minimum atomic E-state index is -1.13. The number of benzene rings is 1. The molecule has 0 spiro atoms. The SMILES string of the molecule is O=C(COC(=O)CCN1C(=O)CCC1=O)NCC(=O)Nc1ccc(F)c(F)c1. The lowest BCUT2D eigenvalue weighted by molar-refractivity contribution is -0.149. The maximum Gasteiger partial charge on any atom is 0.308 e. The molecule has 0 saturated carbocycles. The Labute approximate surface area is 158 Å². The zero-order valence-electron chi connectivity index (χ0n) is 14.6. The van der Waals surface area contributed by atoms with Gasteiger partial charge in [-0.2, -0.15) is 0 Å². The third-order valence-electron chi connectivity index (χ3n) is 3.71. The summed E-state index contributed by atoms with van der Waals surface area (Å²) in [5, 5.41) is 4.43. The van der Waals surface area contributed by atoms with Gasteiger partial charge in [-0.3, -0.25) is 28.9 Å². The van der Waals surface area contributed by atoms with Crippen LogP contribution in [0.2, 0.25) is 0 Å². The number of amides is 4. The molecule has 2 N–H and O–H groups in total. The van der Waals surface area contributed by atoms with Gasteiger partial charge in [-0.15, -0.1) is 0 Å². The summed E-state index contributed by atoms with van der Waals surface area (Å²) in [6.45, 7) is -1.25. The van der Waals surface area contributed by atoms with Gasteiger partial charge in [0.2, 0.25) is 17.7 Å². The summed E-state index contributed by atoms with van der Waals surface area (Å²) in [5.41, 5.74) is 0.00980. The van der Waals surface area contributed by atoms with E-state index in [4.69, 9.17) is 4.74 Å². The first kappa shape index (κ1) is 20.9. The van der Waals surface area contributed by atoms with E-state index in [1.165, 1.54) is 0 Å². The normalized spacial score (nSPS) is 13.4. The van der Waals surface area contributed by atoms with Crippen molar-refractivity contribution in [1.29, 1.82) is 0 Å². The summed E-state index contributed by atoms with van der Waals surface area (Å²) in [6.07, 6.45) is -0.0206. The molecule has 1 aromatic rings. The van der Waals surface area contributed by atoms with Gasteiger partial charge in [0, 0.05) is 31.1 Å². The van der Waals surface area contributed by atoms with E-state index >= 15 is 0 Å². The van der Waals surface area contributed by atoms with Gasteiger partial charge < -0.3 is 15.4 Å². The maximum atomic E-state index is 13.0. The molecule has 0 bridgehead atoms. The van der Waals surface area contributed by atoms with Crippen LogP contribution in [-0.4, -0.2) is 54.2 Å². The third-order valence-corrected chi connectivity index (χ3v) is 3.71. The minimum Gasteiger partial charge on any atom is -0.456 e. The standard InChI is InChI=1S/C17H17F2N3O6/c18-11-2-1-10(7-12(11)19)21-13(23)8-20-14(24)9-28-17(27)5-6-22-15(25)3-4-16(22)26/h1-2,7H,3-6,8-9H2,(H,20,24)(H,21,23). The molecule has 1 saturated heterocycles. The zero-order valence-corrected chi connectivity index (χ0v) is 14.6. The van der Waals surface area contributed by atoms with Gasteiger partial charge in [0.15, 0.2) is 18.2 Å². The van der Waals surface area contributed by atoms with E-state index in [-0.39, 0.29) is 43.3 Å². The number of likely N-dealkylation sites (tertiary alicyclic amines) is 1. The van der Waals surface area contributed by atoms with Crippen molar-refractivity contribution in [2.45, 2.75) is 19.3 Å². The van der Waals surface area contributed by atoms with Crippen molar-refractivity contribution in [2.24, 2.45) is 0 Å². The lowest BCUT2D eigenvalue weighted by atomic mass is 10.3. The molecule has 2 rings (SSSR count). The maximum absolute atomic E-state index is 13.0. The minimum absolute atomic E-state index is 0.00980. The number of ether oxygens (including phenoxy) is 1.